The third kappa shape index (κ3) is 2.69. The minimum absolute atomic E-state index is 0.162. The number of fused-ring (bicyclic) bond motifs is 1. The lowest BCUT2D eigenvalue weighted by Crippen LogP contribution is -2.41. The van der Waals surface area contributed by atoms with Crippen LogP contribution in [0.2, 0.25) is 0 Å². The molecule has 2 heterocycles. The molecule has 0 radical (unpaired) electrons. The minimum Gasteiger partial charge on any atom is -0.466 e. The molecule has 0 aliphatic rings. The molecule has 0 unspecified atom stereocenters. The van der Waals surface area contributed by atoms with E-state index < -0.39 is 36.0 Å². The van der Waals surface area contributed by atoms with E-state index in [-0.39, 0.29) is 17.8 Å². The Morgan fingerprint density at radius 2 is 1.95 bits per heavy atom. The Labute approximate surface area is 124 Å². The first-order valence-corrected chi connectivity index (χ1v) is 6.65. The van der Waals surface area contributed by atoms with Crippen molar-refractivity contribution in [1.82, 2.24) is 18.7 Å². The van der Waals surface area contributed by atoms with E-state index in [0.29, 0.717) is 0 Å². The Balaban J connectivity index is 2.42. The molecule has 2 rings (SSSR count). The van der Waals surface area contributed by atoms with E-state index in [1.165, 1.54) is 22.5 Å². The smallest absolute Gasteiger partial charge is 0.332 e. The lowest BCUT2D eigenvalue weighted by Gasteiger charge is -2.08. The Morgan fingerprint density at radius 1 is 1.27 bits per heavy atom. The maximum Gasteiger partial charge on any atom is 0.332 e. The molecule has 118 valence electrons. The van der Waals surface area contributed by atoms with Gasteiger partial charge in [-0.05, 0) is 6.92 Å². The second-order valence-electron chi connectivity index (χ2n) is 4.78. The highest BCUT2D eigenvalue weighted by Gasteiger charge is 2.18. The topological polar surface area (TPSA) is 105 Å². The fourth-order valence-corrected chi connectivity index (χ4v) is 2.14. The molecule has 2 aromatic rings. The third-order valence-electron chi connectivity index (χ3n) is 3.18. The second-order valence-corrected chi connectivity index (χ2v) is 4.78. The Kier molecular flexibility index (Phi) is 4.25. The number of ketones is 1. The van der Waals surface area contributed by atoms with E-state index >= 15 is 0 Å². The fourth-order valence-electron chi connectivity index (χ4n) is 2.14. The zero-order valence-electron chi connectivity index (χ0n) is 12.5. The molecule has 0 amide bonds. The highest BCUT2D eigenvalue weighted by atomic mass is 16.5. The summed E-state index contributed by atoms with van der Waals surface area (Å²) in [5.41, 5.74) is -0.818. The van der Waals surface area contributed by atoms with Crippen molar-refractivity contribution in [3.63, 3.8) is 0 Å². The molecule has 0 saturated carbocycles. The summed E-state index contributed by atoms with van der Waals surface area (Å²) in [5, 5.41) is 0. The second kappa shape index (κ2) is 5.96. The number of ether oxygens (including phenoxy) is 1. The molecule has 0 aromatic carbocycles. The molecule has 0 atom stereocenters. The minimum atomic E-state index is -0.681. The van der Waals surface area contributed by atoms with E-state index in [4.69, 9.17) is 0 Å². The Morgan fingerprint density at radius 3 is 2.59 bits per heavy atom. The SMILES string of the molecule is CCOC(=O)CC(=O)Cn1c(=O)c2c(ncn2C)n(C)c1=O. The van der Waals surface area contributed by atoms with Crippen LogP contribution in [0.4, 0.5) is 0 Å². The van der Waals surface area contributed by atoms with Gasteiger partial charge in [0.15, 0.2) is 16.9 Å². The van der Waals surface area contributed by atoms with Crippen LogP contribution in [-0.2, 0) is 35.0 Å². The highest BCUT2D eigenvalue weighted by molar-refractivity contribution is 5.95. The van der Waals surface area contributed by atoms with Gasteiger partial charge in [0.1, 0.15) is 6.42 Å². The lowest BCUT2D eigenvalue weighted by atomic mass is 10.3. The Hall–Kier alpha value is -2.71. The van der Waals surface area contributed by atoms with Crippen LogP contribution < -0.4 is 11.2 Å². The summed E-state index contributed by atoms with van der Waals surface area (Å²) in [6.07, 6.45) is 0.934. The summed E-state index contributed by atoms with van der Waals surface area (Å²) in [5.74, 6) is -1.25. The molecule has 0 N–H and O–H groups in total. The van der Waals surface area contributed by atoms with Gasteiger partial charge < -0.3 is 9.30 Å². The zero-order chi connectivity index (χ0) is 16.4. The van der Waals surface area contributed by atoms with Crippen LogP contribution in [0.15, 0.2) is 15.9 Å². The monoisotopic (exact) mass is 308 g/mol. The number of nitrogens with zero attached hydrogens (tertiary/aromatic N) is 4. The molecule has 0 aliphatic carbocycles. The molecule has 9 nitrogen and oxygen atoms in total. The van der Waals surface area contributed by atoms with Crippen molar-refractivity contribution in [3.8, 4) is 0 Å². The molecule has 2 aromatic heterocycles. The number of imidazole rings is 1. The van der Waals surface area contributed by atoms with E-state index in [2.05, 4.69) is 9.72 Å². The van der Waals surface area contributed by atoms with Gasteiger partial charge in [0.2, 0.25) is 0 Å². The number of carbonyl (C=O) groups excluding carboxylic acids is 2. The van der Waals surface area contributed by atoms with Gasteiger partial charge in [0.05, 0.1) is 19.5 Å². The van der Waals surface area contributed by atoms with Crippen LogP contribution in [0.5, 0.6) is 0 Å². The van der Waals surface area contributed by atoms with Gasteiger partial charge in [0, 0.05) is 14.1 Å². The molecular weight excluding hydrogens is 292 g/mol. The van der Waals surface area contributed by atoms with Crippen molar-refractivity contribution in [2.24, 2.45) is 14.1 Å². The van der Waals surface area contributed by atoms with E-state index in [0.717, 1.165) is 4.57 Å². The molecule has 0 fully saturated rings. The maximum absolute atomic E-state index is 12.4. The summed E-state index contributed by atoms with van der Waals surface area (Å²) in [4.78, 5) is 51.6. The lowest BCUT2D eigenvalue weighted by molar-refractivity contribution is -0.145. The number of hydrogen-bond donors (Lipinski definition) is 0. The first-order valence-electron chi connectivity index (χ1n) is 6.65. The number of Topliss-reactive ketones (excluding diaryl/α,β-unsaturated/α-hetero) is 1. The van der Waals surface area contributed by atoms with Crippen LogP contribution in [0.1, 0.15) is 13.3 Å². The molecule has 9 heteroatoms. The largest absolute Gasteiger partial charge is 0.466 e. The van der Waals surface area contributed by atoms with Crippen LogP contribution in [0.25, 0.3) is 11.2 Å². The number of aromatic nitrogens is 4. The number of rotatable bonds is 5. The van der Waals surface area contributed by atoms with E-state index in [9.17, 15) is 19.2 Å². The van der Waals surface area contributed by atoms with Crippen LogP contribution >= 0.6 is 0 Å². The molecular formula is C13H16N4O5. The van der Waals surface area contributed by atoms with Gasteiger partial charge in [0.25, 0.3) is 5.56 Å². The molecule has 22 heavy (non-hydrogen) atoms. The van der Waals surface area contributed by atoms with Crippen molar-refractivity contribution in [3.05, 3.63) is 27.2 Å². The standard InChI is InChI=1S/C13H16N4O5/c1-4-22-9(19)5-8(18)6-17-12(20)10-11(14-7-15(10)2)16(3)13(17)21/h7H,4-6H2,1-3H3. The van der Waals surface area contributed by atoms with Crippen molar-refractivity contribution >= 4 is 22.9 Å². The number of hydrogen-bond acceptors (Lipinski definition) is 6. The normalized spacial score (nSPS) is 10.9. The summed E-state index contributed by atoms with van der Waals surface area (Å²) in [6.45, 7) is 1.30. The summed E-state index contributed by atoms with van der Waals surface area (Å²) in [6, 6.07) is 0. The quantitative estimate of drug-likeness (QED) is 0.516. The number of aryl methyl sites for hydroxylation is 2. The van der Waals surface area contributed by atoms with Crippen LogP contribution in [-0.4, -0.2) is 37.0 Å². The molecule has 0 aliphatic heterocycles. The average Bonchev–Trinajstić information content (AvgIpc) is 2.83. The van der Waals surface area contributed by atoms with Crippen molar-refractivity contribution < 1.29 is 14.3 Å². The number of carbonyl (C=O) groups is 2. The summed E-state index contributed by atoms with van der Waals surface area (Å²) in [7, 11) is 3.08. The van der Waals surface area contributed by atoms with E-state index in [1.807, 2.05) is 0 Å². The van der Waals surface area contributed by atoms with Gasteiger partial charge >= 0.3 is 11.7 Å². The van der Waals surface area contributed by atoms with Crippen molar-refractivity contribution in [1.29, 1.82) is 0 Å². The summed E-state index contributed by atoms with van der Waals surface area (Å²) < 4.78 is 8.13. The molecule has 0 spiro atoms. The van der Waals surface area contributed by atoms with Gasteiger partial charge in [-0.25, -0.2) is 9.78 Å². The van der Waals surface area contributed by atoms with Gasteiger partial charge in [-0.15, -0.1) is 0 Å². The van der Waals surface area contributed by atoms with Crippen molar-refractivity contribution in [2.75, 3.05) is 6.61 Å². The predicted molar refractivity (Wildman–Crippen MR) is 76.5 cm³/mol. The maximum atomic E-state index is 12.4. The Bertz CT molecular complexity index is 858. The highest BCUT2D eigenvalue weighted by Crippen LogP contribution is 2.03. The third-order valence-corrected chi connectivity index (χ3v) is 3.18. The molecule has 0 bridgehead atoms. The fraction of sp³-hybridized carbons (Fsp3) is 0.462. The zero-order valence-corrected chi connectivity index (χ0v) is 12.5. The molecule has 0 saturated heterocycles. The van der Waals surface area contributed by atoms with Gasteiger partial charge in [-0.3, -0.25) is 23.5 Å². The predicted octanol–water partition coefficient (Wildman–Crippen LogP) is -1.04. The average molecular weight is 308 g/mol. The van der Waals surface area contributed by atoms with Crippen molar-refractivity contribution in [2.45, 2.75) is 19.9 Å². The first-order chi connectivity index (χ1) is 10.4. The van der Waals surface area contributed by atoms with Crippen LogP contribution in [0.3, 0.4) is 0 Å². The van der Waals surface area contributed by atoms with E-state index in [1.54, 1.807) is 14.0 Å². The van der Waals surface area contributed by atoms with Crippen LogP contribution in [0, 0.1) is 0 Å². The van der Waals surface area contributed by atoms with Gasteiger partial charge in [-0.2, -0.15) is 0 Å². The number of esters is 1. The van der Waals surface area contributed by atoms with Gasteiger partial charge in [-0.1, -0.05) is 0 Å². The first kappa shape index (κ1) is 15.7. The summed E-state index contributed by atoms with van der Waals surface area (Å²) >= 11 is 0.